The zero-order chi connectivity index (χ0) is 17.9. The number of methoxy groups -OCH3 is 1. The summed E-state index contributed by atoms with van der Waals surface area (Å²) >= 11 is 0. The van der Waals surface area contributed by atoms with Gasteiger partial charge in [-0.2, -0.15) is 0 Å². The molecule has 2 rings (SSSR count). The molecule has 0 heterocycles. The third-order valence-electron chi connectivity index (χ3n) is 3.85. The maximum atomic E-state index is 12.3. The molecule has 130 valence electrons. The molecular weight excluding hydrogens is 320 g/mol. The van der Waals surface area contributed by atoms with Crippen molar-refractivity contribution in [3.8, 4) is 11.5 Å². The zero-order valence-corrected chi connectivity index (χ0v) is 13.3. The number of carbonyl (C=O) groups excluding carboxylic acids is 1. The van der Waals surface area contributed by atoms with E-state index in [-0.39, 0.29) is 29.7 Å². The summed E-state index contributed by atoms with van der Waals surface area (Å²) in [7, 11) is 1.37. The molecule has 0 aromatic heterocycles. The summed E-state index contributed by atoms with van der Waals surface area (Å²) in [4.78, 5) is 33.7. The normalized spacial score (nSPS) is 19.1. The van der Waals surface area contributed by atoms with Gasteiger partial charge in [-0.25, -0.2) is 0 Å². The Kier molecular flexibility index (Phi) is 5.22. The fourth-order valence-corrected chi connectivity index (χ4v) is 2.51. The molecule has 1 aliphatic carbocycles. The number of hydrogen-bond acceptors (Lipinski definition) is 6. The quantitative estimate of drug-likeness (QED) is 0.570. The lowest BCUT2D eigenvalue weighted by molar-refractivity contribution is -0.385. The van der Waals surface area contributed by atoms with Crippen LogP contribution in [0.4, 0.5) is 5.69 Å². The standard InChI is InChI=1S/C15H18N2O7/c1-3-24-13-7-11(17(21)22)10(6-12(13)23-2)14(18)16-9-4-8(5-9)15(19)20/h6-9H,3-5H2,1-2H3,(H,16,18)(H,19,20). The molecule has 9 nitrogen and oxygen atoms in total. The van der Waals surface area contributed by atoms with Crippen LogP contribution in [0.25, 0.3) is 0 Å². The summed E-state index contributed by atoms with van der Waals surface area (Å²) in [5, 5.41) is 22.7. The Hall–Kier alpha value is -2.84. The Balaban J connectivity index is 2.23. The second-order valence-electron chi connectivity index (χ2n) is 5.39. The number of nitro benzene ring substituents is 1. The summed E-state index contributed by atoms with van der Waals surface area (Å²) in [6.07, 6.45) is 0.617. The minimum Gasteiger partial charge on any atom is -0.493 e. The van der Waals surface area contributed by atoms with Gasteiger partial charge < -0.3 is 19.9 Å². The average Bonchev–Trinajstić information content (AvgIpc) is 2.49. The number of benzene rings is 1. The van der Waals surface area contributed by atoms with Crippen molar-refractivity contribution in [1.82, 2.24) is 5.32 Å². The Morgan fingerprint density at radius 1 is 1.38 bits per heavy atom. The van der Waals surface area contributed by atoms with E-state index in [1.807, 2.05) is 0 Å². The molecule has 0 bridgehead atoms. The van der Waals surface area contributed by atoms with Gasteiger partial charge in [-0.05, 0) is 19.8 Å². The van der Waals surface area contributed by atoms with Gasteiger partial charge in [0.05, 0.1) is 30.6 Å². The van der Waals surface area contributed by atoms with E-state index >= 15 is 0 Å². The predicted octanol–water partition coefficient (Wildman–Crippen LogP) is 1.60. The van der Waals surface area contributed by atoms with Crippen LogP contribution in [0.5, 0.6) is 11.5 Å². The molecule has 0 unspecified atom stereocenters. The number of carboxylic acid groups (broad SMARTS) is 1. The van der Waals surface area contributed by atoms with Crippen LogP contribution in [-0.2, 0) is 4.79 Å². The third-order valence-corrected chi connectivity index (χ3v) is 3.85. The van der Waals surface area contributed by atoms with Gasteiger partial charge in [0.1, 0.15) is 5.56 Å². The summed E-state index contributed by atoms with van der Waals surface area (Å²) < 4.78 is 10.4. The summed E-state index contributed by atoms with van der Waals surface area (Å²) in [6.45, 7) is 2.01. The van der Waals surface area contributed by atoms with Crippen LogP contribution < -0.4 is 14.8 Å². The minimum atomic E-state index is -0.908. The first-order valence-corrected chi connectivity index (χ1v) is 7.40. The van der Waals surface area contributed by atoms with Gasteiger partial charge in [-0.3, -0.25) is 19.7 Å². The monoisotopic (exact) mass is 338 g/mol. The molecule has 1 aromatic carbocycles. The minimum absolute atomic E-state index is 0.154. The van der Waals surface area contributed by atoms with Crippen molar-refractivity contribution >= 4 is 17.6 Å². The van der Waals surface area contributed by atoms with Gasteiger partial charge in [-0.15, -0.1) is 0 Å². The number of amides is 1. The van der Waals surface area contributed by atoms with Crippen molar-refractivity contribution in [2.45, 2.75) is 25.8 Å². The molecule has 0 spiro atoms. The highest BCUT2D eigenvalue weighted by molar-refractivity contribution is 5.99. The highest BCUT2D eigenvalue weighted by Crippen LogP contribution is 2.35. The molecule has 0 aliphatic heterocycles. The Morgan fingerprint density at radius 2 is 2.04 bits per heavy atom. The highest BCUT2D eigenvalue weighted by atomic mass is 16.6. The maximum absolute atomic E-state index is 12.3. The van der Waals surface area contributed by atoms with Crippen molar-refractivity contribution in [1.29, 1.82) is 0 Å². The smallest absolute Gasteiger partial charge is 0.306 e. The molecule has 1 fully saturated rings. The zero-order valence-electron chi connectivity index (χ0n) is 13.3. The second-order valence-corrected chi connectivity index (χ2v) is 5.39. The first-order valence-electron chi connectivity index (χ1n) is 7.40. The molecule has 0 atom stereocenters. The van der Waals surface area contributed by atoms with Crippen LogP contribution in [0.2, 0.25) is 0 Å². The number of ether oxygens (including phenoxy) is 2. The van der Waals surface area contributed by atoms with E-state index in [1.54, 1.807) is 6.92 Å². The number of hydrogen-bond donors (Lipinski definition) is 2. The lowest BCUT2D eigenvalue weighted by Gasteiger charge is -2.32. The van der Waals surface area contributed by atoms with Gasteiger partial charge in [0.2, 0.25) is 0 Å². The number of aliphatic carboxylic acids is 1. The lowest BCUT2D eigenvalue weighted by Crippen LogP contribution is -2.46. The molecule has 1 amide bonds. The van der Waals surface area contributed by atoms with E-state index in [2.05, 4.69) is 5.32 Å². The summed E-state index contributed by atoms with van der Waals surface area (Å²) in [6, 6.07) is 2.10. The number of nitro groups is 1. The van der Waals surface area contributed by atoms with Crippen LogP contribution in [0.15, 0.2) is 12.1 Å². The summed E-state index contributed by atoms with van der Waals surface area (Å²) in [5.41, 5.74) is -0.551. The number of carboxylic acids is 1. The first-order chi connectivity index (χ1) is 11.4. The van der Waals surface area contributed by atoms with Crippen LogP contribution >= 0.6 is 0 Å². The van der Waals surface area contributed by atoms with E-state index in [0.717, 1.165) is 6.07 Å². The fraction of sp³-hybridized carbons (Fsp3) is 0.467. The van der Waals surface area contributed by atoms with Gasteiger partial charge in [0, 0.05) is 12.1 Å². The summed E-state index contributed by atoms with van der Waals surface area (Å²) in [5.74, 6) is -1.64. The molecule has 9 heteroatoms. The van der Waals surface area contributed by atoms with Crippen LogP contribution in [0.3, 0.4) is 0 Å². The largest absolute Gasteiger partial charge is 0.493 e. The van der Waals surface area contributed by atoms with E-state index < -0.39 is 28.4 Å². The van der Waals surface area contributed by atoms with Crippen molar-refractivity contribution in [2.75, 3.05) is 13.7 Å². The van der Waals surface area contributed by atoms with E-state index in [9.17, 15) is 19.7 Å². The molecule has 0 saturated heterocycles. The molecule has 1 saturated carbocycles. The van der Waals surface area contributed by atoms with Crippen molar-refractivity contribution in [3.63, 3.8) is 0 Å². The van der Waals surface area contributed by atoms with E-state index in [0.29, 0.717) is 12.8 Å². The first kappa shape index (κ1) is 17.5. The van der Waals surface area contributed by atoms with E-state index in [4.69, 9.17) is 14.6 Å². The SMILES string of the molecule is CCOc1cc([N+](=O)[O-])c(C(=O)NC2CC(C(=O)O)C2)cc1OC. The van der Waals surface area contributed by atoms with Crippen molar-refractivity contribution in [3.05, 3.63) is 27.8 Å². The van der Waals surface area contributed by atoms with E-state index in [1.165, 1.54) is 13.2 Å². The second kappa shape index (κ2) is 7.16. The lowest BCUT2D eigenvalue weighted by atomic mass is 9.80. The third kappa shape index (κ3) is 3.55. The van der Waals surface area contributed by atoms with Gasteiger partial charge in [0.25, 0.3) is 11.6 Å². The number of nitrogens with zero attached hydrogens (tertiary/aromatic N) is 1. The van der Waals surface area contributed by atoms with Crippen molar-refractivity contribution < 1.29 is 29.1 Å². The van der Waals surface area contributed by atoms with Gasteiger partial charge in [-0.1, -0.05) is 0 Å². The van der Waals surface area contributed by atoms with Crippen molar-refractivity contribution in [2.24, 2.45) is 5.92 Å². The number of nitrogens with one attached hydrogen (secondary N) is 1. The Morgan fingerprint density at radius 3 is 2.54 bits per heavy atom. The number of carbonyl (C=O) groups is 2. The average molecular weight is 338 g/mol. The fourth-order valence-electron chi connectivity index (χ4n) is 2.51. The highest BCUT2D eigenvalue weighted by Gasteiger charge is 2.36. The molecule has 24 heavy (non-hydrogen) atoms. The van der Waals surface area contributed by atoms with Crippen LogP contribution in [0.1, 0.15) is 30.1 Å². The number of rotatable bonds is 7. The van der Waals surface area contributed by atoms with Crippen LogP contribution in [-0.4, -0.2) is 41.7 Å². The Labute approximate surface area is 137 Å². The van der Waals surface area contributed by atoms with Crippen LogP contribution in [0, 0.1) is 16.0 Å². The molecule has 2 N–H and O–H groups in total. The molecule has 0 radical (unpaired) electrons. The maximum Gasteiger partial charge on any atom is 0.306 e. The molecule has 1 aromatic rings. The topological polar surface area (TPSA) is 128 Å². The van der Waals surface area contributed by atoms with Gasteiger partial charge in [0.15, 0.2) is 11.5 Å². The predicted molar refractivity (Wildman–Crippen MR) is 82.4 cm³/mol. The van der Waals surface area contributed by atoms with Gasteiger partial charge >= 0.3 is 5.97 Å². The Bertz CT molecular complexity index is 668. The molecular formula is C15H18N2O7. The molecule has 1 aliphatic rings.